The van der Waals surface area contributed by atoms with E-state index in [4.69, 9.17) is 0 Å². The minimum atomic E-state index is -0.667. The molecule has 0 saturated carbocycles. The normalized spacial score (nSPS) is 27.4. The molecule has 2 heterocycles. The van der Waals surface area contributed by atoms with Crippen LogP contribution < -0.4 is 0 Å². The van der Waals surface area contributed by atoms with Crippen molar-refractivity contribution in [3.63, 3.8) is 0 Å². The summed E-state index contributed by atoms with van der Waals surface area (Å²) in [7, 11) is 2.04. The maximum absolute atomic E-state index is 11.4. The van der Waals surface area contributed by atoms with Crippen LogP contribution in [0.5, 0.6) is 0 Å². The molecule has 1 aromatic rings. The Balaban J connectivity index is 1.63. The molecule has 1 aromatic carbocycles. The largest absolute Gasteiger partial charge is 0.481 e. The predicted molar refractivity (Wildman–Crippen MR) is 90.4 cm³/mol. The van der Waals surface area contributed by atoms with E-state index in [2.05, 4.69) is 45.9 Å². The Kier molecular flexibility index (Phi) is 4.99. The van der Waals surface area contributed by atoms with Gasteiger partial charge in [0.15, 0.2) is 0 Å². The van der Waals surface area contributed by atoms with Gasteiger partial charge in [0, 0.05) is 51.9 Å². The summed E-state index contributed by atoms with van der Waals surface area (Å²) < 4.78 is 0. The molecule has 23 heavy (non-hydrogen) atoms. The van der Waals surface area contributed by atoms with Gasteiger partial charge in [-0.15, -0.1) is 0 Å². The van der Waals surface area contributed by atoms with Crippen LogP contribution in [0.1, 0.15) is 11.1 Å². The average Bonchev–Trinajstić information content (AvgIpc) is 2.67. The number of aliphatic carboxylic acids is 1. The summed E-state index contributed by atoms with van der Waals surface area (Å²) >= 11 is 0. The number of benzene rings is 1. The summed E-state index contributed by atoms with van der Waals surface area (Å²) in [6.45, 7) is 8.38. The molecule has 2 saturated heterocycles. The Labute approximate surface area is 138 Å². The van der Waals surface area contributed by atoms with Gasteiger partial charge in [-0.05, 0) is 19.5 Å². The van der Waals surface area contributed by atoms with Crippen LogP contribution in [0.4, 0.5) is 0 Å². The lowest BCUT2D eigenvalue weighted by Crippen LogP contribution is -2.55. The van der Waals surface area contributed by atoms with Crippen LogP contribution in [0.2, 0.25) is 0 Å². The fourth-order valence-electron chi connectivity index (χ4n) is 3.77. The second kappa shape index (κ2) is 6.99. The lowest BCUT2D eigenvalue weighted by Gasteiger charge is -2.41. The first-order valence-corrected chi connectivity index (χ1v) is 8.44. The summed E-state index contributed by atoms with van der Waals surface area (Å²) in [5.41, 5.74) is 2.65. The number of rotatable bonds is 3. The molecule has 0 aliphatic carbocycles. The number of hydrogen-bond acceptors (Lipinski definition) is 4. The number of likely N-dealkylation sites (N-methyl/N-ethyl adjacent to an activating group) is 1. The van der Waals surface area contributed by atoms with Crippen LogP contribution in [0.25, 0.3) is 0 Å². The highest BCUT2D eigenvalue weighted by Crippen LogP contribution is 2.19. The highest BCUT2D eigenvalue weighted by Gasteiger charge is 2.35. The molecule has 2 atom stereocenters. The van der Waals surface area contributed by atoms with Crippen molar-refractivity contribution in [2.45, 2.75) is 19.5 Å². The van der Waals surface area contributed by atoms with Crippen molar-refractivity contribution in [2.24, 2.45) is 5.92 Å². The zero-order valence-corrected chi connectivity index (χ0v) is 14.1. The van der Waals surface area contributed by atoms with Crippen LogP contribution in [-0.4, -0.2) is 78.1 Å². The molecule has 2 fully saturated rings. The van der Waals surface area contributed by atoms with E-state index in [1.807, 2.05) is 7.05 Å². The monoisotopic (exact) mass is 317 g/mol. The van der Waals surface area contributed by atoms with Crippen molar-refractivity contribution in [3.8, 4) is 0 Å². The van der Waals surface area contributed by atoms with Gasteiger partial charge in [0.05, 0.1) is 5.92 Å². The van der Waals surface area contributed by atoms with Crippen LogP contribution in [0.15, 0.2) is 24.3 Å². The Hall–Kier alpha value is -1.43. The summed E-state index contributed by atoms with van der Waals surface area (Å²) in [4.78, 5) is 18.5. The minimum Gasteiger partial charge on any atom is -0.481 e. The molecule has 0 aromatic heterocycles. The van der Waals surface area contributed by atoms with Crippen LogP contribution >= 0.6 is 0 Å². The van der Waals surface area contributed by atoms with E-state index in [-0.39, 0.29) is 5.92 Å². The summed E-state index contributed by atoms with van der Waals surface area (Å²) in [6, 6.07) is 9.19. The zero-order valence-electron chi connectivity index (χ0n) is 14.1. The van der Waals surface area contributed by atoms with Gasteiger partial charge < -0.3 is 10.0 Å². The van der Waals surface area contributed by atoms with E-state index in [9.17, 15) is 9.90 Å². The Morgan fingerprint density at radius 3 is 2.57 bits per heavy atom. The van der Waals surface area contributed by atoms with Crippen molar-refractivity contribution in [1.29, 1.82) is 0 Å². The minimum absolute atomic E-state index is 0.270. The van der Waals surface area contributed by atoms with E-state index in [0.717, 1.165) is 32.7 Å². The summed E-state index contributed by atoms with van der Waals surface area (Å²) in [5.74, 6) is -0.937. The zero-order chi connectivity index (χ0) is 16.4. The number of fused-ring (bicyclic) bond motifs is 1. The first-order chi connectivity index (χ1) is 11.0. The maximum Gasteiger partial charge on any atom is 0.309 e. The molecule has 2 aliphatic rings. The molecule has 5 heteroatoms. The van der Waals surface area contributed by atoms with E-state index < -0.39 is 5.97 Å². The van der Waals surface area contributed by atoms with Crippen molar-refractivity contribution in [1.82, 2.24) is 14.7 Å². The topological polar surface area (TPSA) is 47.0 Å². The van der Waals surface area contributed by atoms with E-state index >= 15 is 0 Å². The predicted octanol–water partition coefficient (Wildman–Crippen LogP) is 1.13. The van der Waals surface area contributed by atoms with Gasteiger partial charge in [0.25, 0.3) is 0 Å². The molecule has 0 bridgehead atoms. The van der Waals surface area contributed by atoms with Crippen molar-refractivity contribution >= 4 is 5.97 Å². The number of piperazine rings is 1. The van der Waals surface area contributed by atoms with Crippen LogP contribution in [-0.2, 0) is 11.3 Å². The molecule has 0 amide bonds. The molecule has 0 radical (unpaired) electrons. The first kappa shape index (κ1) is 16.4. The molecule has 5 nitrogen and oxygen atoms in total. The van der Waals surface area contributed by atoms with Gasteiger partial charge in [-0.3, -0.25) is 14.6 Å². The van der Waals surface area contributed by atoms with Gasteiger partial charge >= 0.3 is 5.97 Å². The summed E-state index contributed by atoms with van der Waals surface area (Å²) in [6.07, 6.45) is 0. The highest BCUT2D eigenvalue weighted by atomic mass is 16.4. The number of carboxylic acids is 1. The quantitative estimate of drug-likeness (QED) is 0.905. The Bertz CT molecular complexity index is 546. The van der Waals surface area contributed by atoms with Crippen molar-refractivity contribution in [2.75, 3.05) is 46.3 Å². The molecule has 3 rings (SSSR count). The van der Waals surface area contributed by atoms with Gasteiger partial charge in [-0.2, -0.15) is 0 Å². The molecule has 126 valence electrons. The third kappa shape index (κ3) is 4.10. The molecule has 0 spiro atoms. The van der Waals surface area contributed by atoms with Crippen molar-refractivity contribution in [3.05, 3.63) is 35.4 Å². The van der Waals surface area contributed by atoms with E-state index in [0.29, 0.717) is 19.1 Å². The second-order valence-electron chi connectivity index (χ2n) is 7.13. The first-order valence-electron chi connectivity index (χ1n) is 8.44. The fourth-order valence-corrected chi connectivity index (χ4v) is 3.77. The van der Waals surface area contributed by atoms with Crippen LogP contribution in [0, 0.1) is 12.8 Å². The van der Waals surface area contributed by atoms with E-state index in [1.165, 1.54) is 11.1 Å². The van der Waals surface area contributed by atoms with Gasteiger partial charge in [0.2, 0.25) is 0 Å². The standard InChI is InChI=1S/C18H27N3O2/c1-14-3-5-15(6-4-14)9-20-7-8-21-11-16(18(22)23)10-19(2)12-17(21)13-20/h3-6,16-17H,7-13H2,1-2H3,(H,22,23)/t16-,17+/m1/s1. The number of carboxylic acid groups (broad SMARTS) is 1. The van der Waals surface area contributed by atoms with Gasteiger partial charge in [-0.1, -0.05) is 29.8 Å². The fraction of sp³-hybridized carbons (Fsp3) is 0.611. The van der Waals surface area contributed by atoms with E-state index in [1.54, 1.807) is 0 Å². The van der Waals surface area contributed by atoms with Gasteiger partial charge in [0.1, 0.15) is 0 Å². The molecular weight excluding hydrogens is 290 g/mol. The number of aryl methyl sites for hydroxylation is 1. The number of carbonyl (C=O) groups is 1. The Morgan fingerprint density at radius 1 is 1.13 bits per heavy atom. The molecule has 1 N–H and O–H groups in total. The van der Waals surface area contributed by atoms with Crippen molar-refractivity contribution < 1.29 is 9.90 Å². The highest BCUT2D eigenvalue weighted by molar-refractivity contribution is 5.70. The lowest BCUT2D eigenvalue weighted by molar-refractivity contribution is -0.142. The lowest BCUT2D eigenvalue weighted by atomic mass is 10.1. The molecular formula is C18H27N3O2. The SMILES string of the molecule is Cc1ccc(CN2CCN3C[C@H](C(=O)O)CN(C)C[C@H]3C2)cc1. The molecule has 0 unspecified atom stereocenters. The number of hydrogen-bond donors (Lipinski definition) is 1. The van der Waals surface area contributed by atoms with Gasteiger partial charge in [-0.25, -0.2) is 0 Å². The second-order valence-corrected chi connectivity index (χ2v) is 7.13. The third-order valence-corrected chi connectivity index (χ3v) is 5.07. The summed E-state index contributed by atoms with van der Waals surface area (Å²) in [5, 5.41) is 9.38. The average molecular weight is 317 g/mol. The number of nitrogens with zero attached hydrogens (tertiary/aromatic N) is 3. The van der Waals surface area contributed by atoms with Crippen LogP contribution in [0.3, 0.4) is 0 Å². The Morgan fingerprint density at radius 2 is 1.87 bits per heavy atom. The molecule has 2 aliphatic heterocycles. The smallest absolute Gasteiger partial charge is 0.309 e. The maximum atomic E-state index is 11.4. The third-order valence-electron chi connectivity index (χ3n) is 5.07.